The Bertz CT molecular complexity index is 842. The molecular weight excluding hydrogens is 368 g/mol. The van der Waals surface area contributed by atoms with Crippen molar-refractivity contribution in [3.8, 4) is 11.5 Å². The number of nitrogens with one attached hydrogen (secondary N) is 2. The van der Waals surface area contributed by atoms with Crippen molar-refractivity contribution in [2.24, 2.45) is 0 Å². The van der Waals surface area contributed by atoms with E-state index in [1.165, 1.54) is 12.8 Å². The van der Waals surface area contributed by atoms with Gasteiger partial charge in [-0.05, 0) is 69.2 Å². The van der Waals surface area contributed by atoms with Crippen molar-refractivity contribution >= 4 is 17.5 Å². The Balaban J connectivity index is 1.64. The number of carbonyl (C=O) groups is 2. The summed E-state index contributed by atoms with van der Waals surface area (Å²) in [5.74, 6) is 0.837. The number of rotatable bonds is 8. The minimum Gasteiger partial charge on any atom is -0.490 e. The molecule has 3 rings (SSSR count). The van der Waals surface area contributed by atoms with Gasteiger partial charge in [0.15, 0.2) is 11.5 Å². The van der Waals surface area contributed by atoms with E-state index < -0.39 is 0 Å². The predicted molar refractivity (Wildman–Crippen MR) is 113 cm³/mol. The van der Waals surface area contributed by atoms with Gasteiger partial charge in [0.2, 0.25) is 0 Å². The maximum absolute atomic E-state index is 12.6. The largest absolute Gasteiger partial charge is 0.490 e. The van der Waals surface area contributed by atoms with Crippen molar-refractivity contribution in [2.75, 3.05) is 18.5 Å². The second-order valence-corrected chi connectivity index (χ2v) is 7.01. The van der Waals surface area contributed by atoms with Gasteiger partial charge in [0.1, 0.15) is 0 Å². The van der Waals surface area contributed by atoms with Gasteiger partial charge < -0.3 is 20.1 Å². The first-order valence-electron chi connectivity index (χ1n) is 10.2. The molecule has 0 spiro atoms. The Morgan fingerprint density at radius 3 is 2.14 bits per heavy atom. The molecule has 0 aliphatic heterocycles. The van der Waals surface area contributed by atoms with Crippen LogP contribution < -0.4 is 20.1 Å². The van der Waals surface area contributed by atoms with Crippen LogP contribution >= 0.6 is 0 Å². The molecule has 2 amide bonds. The highest BCUT2D eigenvalue weighted by Crippen LogP contribution is 2.29. The van der Waals surface area contributed by atoms with E-state index in [0.29, 0.717) is 41.5 Å². The van der Waals surface area contributed by atoms with Crippen molar-refractivity contribution in [2.45, 2.75) is 45.6 Å². The molecule has 2 aromatic rings. The predicted octanol–water partition coefficient (Wildman–Crippen LogP) is 4.41. The van der Waals surface area contributed by atoms with Crippen LogP contribution in [0.5, 0.6) is 11.5 Å². The molecule has 0 unspecified atom stereocenters. The maximum Gasteiger partial charge on any atom is 0.255 e. The van der Waals surface area contributed by atoms with Crippen molar-refractivity contribution in [3.05, 3.63) is 53.6 Å². The normalized spacial score (nSPS) is 13.7. The summed E-state index contributed by atoms with van der Waals surface area (Å²) in [6.45, 7) is 4.78. The van der Waals surface area contributed by atoms with Crippen LogP contribution in [0.2, 0.25) is 0 Å². The fraction of sp³-hybridized carbons (Fsp3) is 0.391. The van der Waals surface area contributed by atoms with Crippen LogP contribution in [-0.2, 0) is 0 Å². The molecule has 0 bridgehead atoms. The number of anilines is 1. The highest BCUT2D eigenvalue weighted by Gasteiger charge is 2.18. The van der Waals surface area contributed by atoms with Gasteiger partial charge in [-0.15, -0.1) is 0 Å². The number of benzene rings is 2. The molecule has 154 valence electrons. The summed E-state index contributed by atoms with van der Waals surface area (Å²) in [6.07, 6.45) is 4.44. The third-order valence-corrected chi connectivity index (χ3v) is 4.90. The Morgan fingerprint density at radius 1 is 0.862 bits per heavy atom. The topological polar surface area (TPSA) is 76.7 Å². The SMILES string of the molecule is CCOc1ccc(C(=O)Nc2ccc(C(=O)NC3CCCC3)cc2)cc1OCC. The summed E-state index contributed by atoms with van der Waals surface area (Å²) in [5.41, 5.74) is 1.69. The lowest BCUT2D eigenvalue weighted by Crippen LogP contribution is -2.32. The van der Waals surface area contributed by atoms with Crippen LogP contribution in [0.3, 0.4) is 0 Å². The van der Waals surface area contributed by atoms with Crippen LogP contribution in [-0.4, -0.2) is 31.1 Å². The molecule has 6 nitrogen and oxygen atoms in total. The lowest BCUT2D eigenvalue weighted by Gasteiger charge is -2.13. The second kappa shape index (κ2) is 9.96. The van der Waals surface area contributed by atoms with E-state index in [9.17, 15) is 9.59 Å². The van der Waals surface area contributed by atoms with Crippen LogP contribution in [0.1, 0.15) is 60.2 Å². The lowest BCUT2D eigenvalue weighted by atomic mass is 10.1. The molecule has 1 fully saturated rings. The van der Waals surface area contributed by atoms with E-state index in [2.05, 4.69) is 10.6 Å². The highest BCUT2D eigenvalue weighted by molar-refractivity contribution is 6.05. The standard InChI is InChI=1S/C23H28N2O4/c1-3-28-20-14-11-17(15-21(20)29-4-2)23(27)25-19-12-9-16(10-13-19)22(26)24-18-7-5-6-8-18/h9-15,18H,3-8H2,1-2H3,(H,24,26)(H,25,27). The minimum absolute atomic E-state index is 0.0670. The highest BCUT2D eigenvalue weighted by atomic mass is 16.5. The average molecular weight is 396 g/mol. The van der Waals surface area contributed by atoms with Crippen LogP contribution in [0.4, 0.5) is 5.69 Å². The summed E-state index contributed by atoms with van der Waals surface area (Å²) in [5, 5.41) is 5.91. The number of hydrogen-bond donors (Lipinski definition) is 2. The molecule has 29 heavy (non-hydrogen) atoms. The Labute approximate surface area is 171 Å². The van der Waals surface area contributed by atoms with Gasteiger partial charge in [-0.25, -0.2) is 0 Å². The van der Waals surface area contributed by atoms with Gasteiger partial charge in [-0.3, -0.25) is 9.59 Å². The van der Waals surface area contributed by atoms with Crippen molar-refractivity contribution in [1.82, 2.24) is 5.32 Å². The smallest absolute Gasteiger partial charge is 0.255 e. The Hall–Kier alpha value is -3.02. The molecule has 2 aromatic carbocycles. The second-order valence-electron chi connectivity index (χ2n) is 7.01. The number of ether oxygens (including phenoxy) is 2. The Kier molecular flexibility index (Phi) is 7.11. The van der Waals surface area contributed by atoms with Crippen LogP contribution in [0.15, 0.2) is 42.5 Å². The van der Waals surface area contributed by atoms with E-state index in [1.807, 2.05) is 13.8 Å². The molecule has 0 saturated heterocycles. The first-order valence-corrected chi connectivity index (χ1v) is 10.2. The zero-order chi connectivity index (χ0) is 20.6. The number of amides is 2. The molecule has 1 aliphatic carbocycles. The zero-order valence-electron chi connectivity index (χ0n) is 17.0. The summed E-state index contributed by atoms with van der Waals surface area (Å²) >= 11 is 0. The zero-order valence-corrected chi connectivity index (χ0v) is 17.0. The minimum atomic E-state index is -0.253. The van der Waals surface area contributed by atoms with Crippen molar-refractivity contribution < 1.29 is 19.1 Å². The summed E-state index contributed by atoms with van der Waals surface area (Å²) in [6, 6.07) is 12.3. The van der Waals surface area contributed by atoms with E-state index in [0.717, 1.165) is 12.8 Å². The molecular formula is C23H28N2O4. The fourth-order valence-corrected chi connectivity index (χ4v) is 3.44. The molecule has 1 aliphatic rings. The van der Waals surface area contributed by atoms with E-state index in [1.54, 1.807) is 42.5 Å². The molecule has 0 atom stereocenters. The lowest BCUT2D eigenvalue weighted by molar-refractivity contribution is 0.0937. The van der Waals surface area contributed by atoms with Crippen LogP contribution in [0.25, 0.3) is 0 Å². The Morgan fingerprint density at radius 2 is 1.48 bits per heavy atom. The third kappa shape index (κ3) is 5.50. The van der Waals surface area contributed by atoms with Gasteiger partial charge in [0, 0.05) is 22.9 Å². The van der Waals surface area contributed by atoms with Gasteiger partial charge in [-0.2, -0.15) is 0 Å². The molecule has 0 aromatic heterocycles. The van der Waals surface area contributed by atoms with Crippen LogP contribution in [0, 0.1) is 0 Å². The molecule has 6 heteroatoms. The van der Waals surface area contributed by atoms with Gasteiger partial charge in [0.05, 0.1) is 13.2 Å². The fourth-order valence-electron chi connectivity index (χ4n) is 3.44. The summed E-state index contributed by atoms with van der Waals surface area (Å²) < 4.78 is 11.1. The molecule has 1 saturated carbocycles. The van der Waals surface area contributed by atoms with Crippen molar-refractivity contribution in [3.63, 3.8) is 0 Å². The van der Waals surface area contributed by atoms with E-state index >= 15 is 0 Å². The summed E-state index contributed by atoms with van der Waals surface area (Å²) in [7, 11) is 0. The van der Waals surface area contributed by atoms with Crippen molar-refractivity contribution in [1.29, 1.82) is 0 Å². The number of hydrogen-bond acceptors (Lipinski definition) is 4. The maximum atomic E-state index is 12.6. The first-order chi connectivity index (χ1) is 14.1. The summed E-state index contributed by atoms with van der Waals surface area (Å²) in [4.78, 5) is 24.9. The van der Waals surface area contributed by atoms with E-state index in [-0.39, 0.29) is 17.9 Å². The third-order valence-electron chi connectivity index (χ3n) is 4.90. The average Bonchev–Trinajstić information content (AvgIpc) is 3.23. The van der Waals surface area contributed by atoms with Gasteiger partial charge in [-0.1, -0.05) is 12.8 Å². The van der Waals surface area contributed by atoms with E-state index in [4.69, 9.17) is 9.47 Å². The molecule has 2 N–H and O–H groups in total. The first kappa shape index (κ1) is 20.7. The van der Waals surface area contributed by atoms with Gasteiger partial charge in [0.25, 0.3) is 11.8 Å². The van der Waals surface area contributed by atoms with Gasteiger partial charge >= 0.3 is 0 Å². The number of carbonyl (C=O) groups excluding carboxylic acids is 2. The molecule has 0 radical (unpaired) electrons. The molecule has 0 heterocycles. The quantitative estimate of drug-likeness (QED) is 0.693. The monoisotopic (exact) mass is 396 g/mol.